The van der Waals surface area contributed by atoms with E-state index in [1.165, 1.54) is 12.1 Å². The summed E-state index contributed by atoms with van der Waals surface area (Å²) in [5.74, 6) is -1.25. The van der Waals surface area contributed by atoms with Crippen LogP contribution in [0.3, 0.4) is 0 Å². The fourth-order valence-corrected chi connectivity index (χ4v) is 2.42. The minimum absolute atomic E-state index is 0.333. The minimum Gasteiger partial charge on any atom is -0.345 e. The first-order valence-electron chi connectivity index (χ1n) is 6.86. The highest BCUT2D eigenvalue weighted by Gasteiger charge is 2.12. The zero-order valence-electron chi connectivity index (χ0n) is 12.8. The van der Waals surface area contributed by atoms with Gasteiger partial charge in [-0.3, -0.25) is 25.2 Å². The maximum atomic E-state index is 12.0. The molecule has 0 aliphatic carbocycles. The van der Waals surface area contributed by atoms with Crippen molar-refractivity contribution in [2.75, 3.05) is 5.32 Å². The zero-order valence-corrected chi connectivity index (χ0v) is 14.4. The van der Waals surface area contributed by atoms with E-state index in [-0.39, 0.29) is 5.91 Å². The Bertz CT molecular complexity index is 796. The predicted molar refractivity (Wildman–Crippen MR) is 93.3 cm³/mol. The minimum atomic E-state index is -0.474. The van der Waals surface area contributed by atoms with Crippen molar-refractivity contribution in [1.82, 2.24) is 15.4 Å². The van der Waals surface area contributed by atoms with E-state index in [9.17, 15) is 14.4 Å². The Balaban J connectivity index is 1.95. The first kappa shape index (κ1) is 17.5. The fourth-order valence-electron chi connectivity index (χ4n) is 1.90. The van der Waals surface area contributed by atoms with Gasteiger partial charge in [0.15, 0.2) is 0 Å². The summed E-state index contributed by atoms with van der Waals surface area (Å²) >= 11 is 3.27. The number of nitrogens with zero attached hydrogens (tertiary/aromatic N) is 1. The summed E-state index contributed by atoms with van der Waals surface area (Å²) in [6.07, 6.45) is 2.88. The van der Waals surface area contributed by atoms with Crippen molar-refractivity contribution < 1.29 is 14.4 Å². The number of halogens is 1. The van der Waals surface area contributed by atoms with Gasteiger partial charge in [0, 0.05) is 29.0 Å². The second-order valence-corrected chi connectivity index (χ2v) is 5.75. The quantitative estimate of drug-likeness (QED) is 0.550. The van der Waals surface area contributed by atoms with Crippen LogP contribution in [0.4, 0.5) is 5.69 Å². The third-order valence-electron chi connectivity index (χ3n) is 3.09. The molecule has 0 bridgehead atoms. The molecule has 0 fully saturated rings. The lowest BCUT2D eigenvalue weighted by atomic mass is 10.2. The van der Waals surface area contributed by atoms with Gasteiger partial charge in [0.1, 0.15) is 5.69 Å². The fraction of sp³-hybridized carbons (Fsp3) is 0.0625. The average Bonchev–Trinajstić information content (AvgIpc) is 2.91. The topological polar surface area (TPSA) is 92.2 Å². The number of rotatable bonds is 4. The van der Waals surface area contributed by atoms with Crippen molar-refractivity contribution in [3.63, 3.8) is 0 Å². The van der Waals surface area contributed by atoms with Crippen LogP contribution in [0.25, 0.3) is 0 Å². The average molecular weight is 391 g/mol. The summed E-state index contributed by atoms with van der Waals surface area (Å²) in [4.78, 5) is 35.2. The van der Waals surface area contributed by atoms with Crippen molar-refractivity contribution in [2.24, 2.45) is 7.05 Å². The number of amides is 3. The lowest BCUT2D eigenvalue weighted by Crippen LogP contribution is -2.42. The predicted octanol–water partition coefficient (Wildman–Crippen LogP) is 1.99. The molecule has 7 nitrogen and oxygen atoms in total. The van der Waals surface area contributed by atoms with Crippen molar-refractivity contribution >= 4 is 39.3 Å². The van der Waals surface area contributed by atoms with Crippen molar-refractivity contribution in [1.29, 1.82) is 0 Å². The molecule has 0 aliphatic heterocycles. The molecule has 24 heavy (non-hydrogen) atoms. The maximum Gasteiger partial charge on any atom is 0.286 e. The molecule has 124 valence electrons. The van der Waals surface area contributed by atoms with Crippen LogP contribution in [-0.4, -0.2) is 22.3 Å². The van der Waals surface area contributed by atoms with Crippen molar-refractivity contribution in [2.45, 2.75) is 0 Å². The maximum absolute atomic E-state index is 12.0. The molecule has 3 N–H and O–H groups in total. The van der Waals surface area contributed by atoms with Crippen LogP contribution in [0, 0.1) is 0 Å². The Morgan fingerprint density at radius 2 is 1.75 bits per heavy atom. The SMILES string of the molecule is C=CC(=O)Nc1ccc(C(=O)NNC(=O)c2cc(Br)cn2C)cc1. The van der Waals surface area contributed by atoms with Crippen LogP contribution < -0.4 is 16.2 Å². The molecule has 1 aromatic carbocycles. The van der Waals surface area contributed by atoms with Crippen LogP contribution in [0.5, 0.6) is 0 Å². The number of carbonyl (C=O) groups is 3. The second-order valence-electron chi connectivity index (χ2n) is 4.83. The Morgan fingerprint density at radius 3 is 2.29 bits per heavy atom. The van der Waals surface area contributed by atoms with E-state index in [2.05, 4.69) is 38.7 Å². The summed E-state index contributed by atoms with van der Waals surface area (Å²) < 4.78 is 2.39. The summed E-state index contributed by atoms with van der Waals surface area (Å²) in [6, 6.07) is 7.84. The monoisotopic (exact) mass is 390 g/mol. The third-order valence-corrected chi connectivity index (χ3v) is 3.53. The van der Waals surface area contributed by atoms with Gasteiger partial charge in [-0.15, -0.1) is 0 Å². The summed E-state index contributed by atoms with van der Waals surface area (Å²) in [6.45, 7) is 3.36. The number of aryl methyl sites for hydroxylation is 1. The van der Waals surface area contributed by atoms with Gasteiger partial charge in [-0.25, -0.2) is 0 Å². The molecule has 0 spiro atoms. The molecule has 0 radical (unpaired) electrons. The molecule has 0 saturated carbocycles. The Hall–Kier alpha value is -2.87. The van der Waals surface area contributed by atoms with E-state index in [0.29, 0.717) is 16.9 Å². The highest BCUT2D eigenvalue weighted by Crippen LogP contribution is 2.13. The second kappa shape index (κ2) is 7.60. The number of nitrogens with one attached hydrogen (secondary N) is 3. The highest BCUT2D eigenvalue weighted by molar-refractivity contribution is 9.10. The van der Waals surface area contributed by atoms with Crippen LogP contribution >= 0.6 is 15.9 Å². The van der Waals surface area contributed by atoms with Gasteiger partial charge < -0.3 is 9.88 Å². The standard InChI is InChI=1S/C16H15BrN4O3/c1-3-14(22)18-12-6-4-10(5-7-12)15(23)19-20-16(24)13-8-11(17)9-21(13)2/h3-9H,1H2,2H3,(H,18,22)(H,19,23)(H,20,24). The van der Waals surface area contributed by atoms with Gasteiger partial charge in [-0.2, -0.15) is 0 Å². The molecule has 8 heteroatoms. The molecule has 1 aromatic heterocycles. The number of hydrogen-bond donors (Lipinski definition) is 3. The highest BCUT2D eigenvalue weighted by atomic mass is 79.9. The molecule has 0 aliphatic rings. The normalized spacial score (nSPS) is 9.92. The van der Waals surface area contributed by atoms with E-state index < -0.39 is 11.8 Å². The van der Waals surface area contributed by atoms with Crippen molar-refractivity contribution in [3.8, 4) is 0 Å². The molecule has 1 heterocycles. The van der Waals surface area contributed by atoms with E-state index in [4.69, 9.17) is 0 Å². The molecule has 2 rings (SSSR count). The molecule has 0 unspecified atom stereocenters. The summed E-state index contributed by atoms with van der Waals surface area (Å²) in [7, 11) is 1.72. The first-order chi connectivity index (χ1) is 11.4. The number of benzene rings is 1. The number of hydrogen-bond acceptors (Lipinski definition) is 3. The van der Waals surface area contributed by atoms with Gasteiger partial charge in [-0.05, 0) is 52.3 Å². The van der Waals surface area contributed by atoms with E-state index in [1.54, 1.807) is 36.0 Å². The number of aromatic nitrogens is 1. The number of anilines is 1. The molecular weight excluding hydrogens is 376 g/mol. The molecule has 2 aromatic rings. The third kappa shape index (κ3) is 4.32. The smallest absolute Gasteiger partial charge is 0.286 e. The van der Waals surface area contributed by atoms with Gasteiger partial charge in [-0.1, -0.05) is 6.58 Å². The largest absolute Gasteiger partial charge is 0.345 e. The molecule has 0 saturated heterocycles. The van der Waals surface area contributed by atoms with Gasteiger partial charge in [0.25, 0.3) is 11.8 Å². The lowest BCUT2D eigenvalue weighted by Gasteiger charge is -2.08. The lowest BCUT2D eigenvalue weighted by molar-refractivity contribution is -0.111. The first-order valence-corrected chi connectivity index (χ1v) is 7.66. The van der Waals surface area contributed by atoms with Crippen molar-refractivity contribution in [3.05, 3.63) is 64.9 Å². The molecule has 0 atom stereocenters. The van der Waals surface area contributed by atoms with E-state index in [1.807, 2.05) is 0 Å². The molecular formula is C16H15BrN4O3. The van der Waals surface area contributed by atoms with Gasteiger partial charge in [0.2, 0.25) is 5.91 Å². The Morgan fingerprint density at radius 1 is 1.12 bits per heavy atom. The van der Waals surface area contributed by atoms with E-state index in [0.717, 1.165) is 10.5 Å². The summed E-state index contributed by atoms with van der Waals surface area (Å²) in [5.41, 5.74) is 5.94. The van der Waals surface area contributed by atoms with Gasteiger partial charge >= 0.3 is 0 Å². The number of carbonyl (C=O) groups excluding carboxylic acids is 3. The van der Waals surface area contributed by atoms with Crippen LogP contribution in [0.15, 0.2) is 53.7 Å². The van der Waals surface area contributed by atoms with E-state index >= 15 is 0 Å². The summed E-state index contributed by atoms with van der Waals surface area (Å²) in [5, 5.41) is 2.57. The number of hydrazine groups is 1. The zero-order chi connectivity index (χ0) is 17.7. The van der Waals surface area contributed by atoms with Crippen LogP contribution in [0.1, 0.15) is 20.8 Å². The van der Waals surface area contributed by atoms with Gasteiger partial charge in [0.05, 0.1) is 0 Å². The Kier molecular flexibility index (Phi) is 5.54. The van der Waals surface area contributed by atoms with Crippen LogP contribution in [0.2, 0.25) is 0 Å². The van der Waals surface area contributed by atoms with Crippen LogP contribution in [-0.2, 0) is 11.8 Å². The Labute approximate surface area is 146 Å². The molecule has 3 amide bonds.